The van der Waals surface area contributed by atoms with Gasteiger partial charge < -0.3 is 5.32 Å². The SMILES string of the molecule is CC1=C(C)Nc2ccccc2[N]1.[O-][Cl+3]([O-])([O-])O. The molecule has 0 atom stereocenters. The Labute approximate surface area is 101 Å². The van der Waals surface area contributed by atoms with Gasteiger partial charge in [-0.05, 0) is 26.0 Å². The summed E-state index contributed by atoms with van der Waals surface area (Å²) in [6.45, 7) is 4.05. The molecular formula is C10H12ClN2O4. The predicted octanol–water partition coefficient (Wildman–Crippen LogP) is -1.52. The summed E-state index contributed by atoms with van der Waals surface area (Å²) in [5.74, 6) is 0. The number of anilines is 1. The predicted molar refractivity (Wildman–Crippen MR) is 52.5 cm³/mol. The number of hydrogen-bond acceptors (Lipinski definition) is 5. The molecule has 0 saturated carbocycles. The molecule has 0 saturated heterocycles. The Hall–Kier alpha value is -1.31. The number of hydrogen-bond donors (Lipinski definition) is 2. The van der Waals surface area contributed by atoms with Gasteiger partial charge in [-0.2, -0.15) is 14.0 Å². The van der Waals surface area contributed by atoms with Crippen molar-refractivity contribution in [2.24, 2.45) is 0 Å². The second kappa shape index (κ2) is 5.35. The first kappa shape index (κ1) is 13.8. The van der Waals surface area contributed by atoms with Crippen LogP contribution in [0.2, 0.25) is 0 Å². The molecule has 1 aliphatic rings. The summed E-state index contributed by atoms with van der Waals surface area (Å²) >= 11 is 0. The van der Waals surface area contributed by atoms with Crippen molar-refractivity contribution in [2.45, 2.75) is 13.8 Å². The average Bonchev–Trinajstić information content (AvgIpc) is 2.17. The summed E-state index contributed by atoms with van der Waals surface area (Å²) in [5.41, 5.74) is 4.32. The van der Waals surface area contributed by atoms with Crippen molar-refractivity contribution < 1.29 is 28.9 Å². The molecule has 2 N–H and O–H groups in total. The molecule has 7 heteroatoms. The molecule has 0 amide bonds. The van der Waals surface area contributed by atoms with Gasteiger partial charge in [-0.1, -0.05) is 12.1 Å². The maximum Gasteiger partial charge on any atom is 0.0868 e. The summed E-state index contributed by atoms with van der Waals surface area (Å²) in [6, 6.07) is 8.06. The Morgan fingerprint density at radius 3 is 2.29 bits per heavy atom. The van der Waals surface area contributed by atoms with Gasteiger partial charge in [-0.3, -0.25) is 0 Å². The molecule has 6 nitrogen and oxygen atoms in total. The lowest BCUT2D eigenvalue weighted by Gasteiger charge is -2.19. The first-order valence-corrected chi connectivity index (χ1v) is 5.92. The maximum absolute atomic E-state index is 8.60. The largest absolute Gasteiger partial charge is 0.356 e. The average molecular weight is 260 g/mol. The molecule has 93 valence electrons. The summed E-state index contributed by atoms with van der Waals surface area (Å²) in [7, 11) is -4.69. The molecule has 0 spiro atoms. The van der Waals surface area contributed by atoms with E-state index in [4.69, 9.17) is 18.6 Å². The van der Waals surface area contributed by atoms with E-state index in [0.717, 1.165) is 22.8 Å². The number of rotatable bonds is 0. The smallest absolute Gasteiger partial charge is 0.0868 e. The quantitative estimate of drug-likeness (QED) is 0.587. The summed E-state index contributed by atoms with van der Waals surface area (Å²) < 4.78 is 32.7. The second-order valence-electron chi connectivity index (χ2n) is 3.36. The third-order valence-corrected chi connectivity index (χ3v) is 2.06. The Morgan fingerprint density at radius 2 is 1.71 bits per heavy atom. The van der Waals surface area contributed by atoms with E-state index in [-0.39, 0.29) is 0 Å². The van der Waals surface area contributed by atoms with E-state index in [1.54, 1.807) is 0 Å². The number of halogens is 1. The lowest BCUT2D eigenvalue weighted by Crippen LogP contribution is -2.58. The topological polar surface area (TPSA) is 116 Å². The van der Waals surface area contributed by atoms with Gasteiger partial charge in [0.15, 0.2) is 0 Å². The van der Waals surface area contributed by atoms with Crippen LogP contribution in [0.4, 0.5) is 11.4 Å². The molecule has 0 aromatic heterocycles. The maximum atomic E-state index is 8.60. The zero-order valence-electron chi connectivity index (χ0n) is 9.31. The van der Waals surface area contributed by atoms with Crippen molar-refractivity contribution in [1.82, 2.24) is 5.32 Å². The molecule has 1 aromatic carbocycles. The van der Waals surface area contributed by atoms with Crippen LogP contribution in [0.5, 0.6) is 0 Å². The number of fused-ring (bicyclic) bond motifs is 1. The van der Waals surface area contributed by atoms with Gasteiger partial charge in [0.25, 0.3) is 0 Å². The van der Waals surface area contributed by atoms with E-state index in [1.807, 2.05) is 38.1 Å². The van der Waals surface area contributed by atoms with E-state index >= 15 is 0 Å². The Kier molecular flexibility index (Phi) is 4.33. The zero-order valence-corrected chi connectivity index (χ0v) is 10.1. The number of nitrogens with one attached hydrogen (secondary N) is 1. The van der Waals surface area contributed by atoms with Gasteiger partial charge in [0, 0.05) is 5.70 Å². The number of allylic oxidation sites excluding steroid dienone is 2. The zero-order chi connectivity index (χ0) is 13.1. The van der Waals surface area contributed by atoms with Crippen molar-refractivity contribution in [2.75, 3.05) is 5.32 Å². The normalized spacial score (nSPS) is 14.0. The molecule has 0 bridgehead atoms. The van der Waals surface area contributed by atoms with Crippen molar-refractivity contribution in [3.05, 3.63) is 35.7 Å². The van der Waals surface area contributed by atoms with E-state index in [9.17, 15) is 0 Å². The van der Waals surface area contributed by atoms with E-state index in [2.05, 4.69) is 10.6 Å². The number of nitrogens with zero attached hydrogens (tertiary/aromatic N) is 1. The van der Waals surface area contributed by atoms with E-state index < -0.39 is 10.2 Å². The fourth-order valence-electron chi connectivity index (χ4n) is 1.23. The highest BCUT2D eigenvalue weighted by Gasteiger charge is 2.11. The minimum atomic E-state index is -4.69. The molecule has 17 heavy (non-hydrogen) atoms. The standard InChI is InChI=1S/C10H11N2.ClHO4/c1-7-8(2)12-10-6-4-3-5-9(10)11-7;2-1(3,4)5/h3-6,11H,1-2H3;(H,2,3,4,5). The molecule has 1 aliphatic heterocycles. The van der Waals surface area contributed by atoms with Crippen molar-refractivity contribution in [3.8, 4) is 0 Å². The molecule has 1 radical (unpaired) electrons. The van der Waals surface area contributed by atoms with Gasteiger partial charge in [0.1, 0.15) is 0 Å². The fourth-order valence-corrected chi connectivity index (χ4v) is 1.23. The highest BCUT2D eigenvalue weighted by atomic mass is 35.7. The van der Waals surface area contributed by atoms with Crippen molar-refractivity contribution in [3.63, 3.8) is 0 Å². The van der Waals surface area contributed by atoms with Crippen LogP contribution in [-0.2, 0) is 0 Å². The van der Waals surface area contributed by atoms with Gasteiger partial charge in [-0.15, -0.1) is 0 Å². The minimum absolute atomic E-state index is 1.03. The lowest BCUT2D eigenvalue weighted by atomic mass is 10.2. The molecule has 0 fully saturated rings. The molecule has 0 aliphatic carbocycles. The van der Waals surface area contributed by atoms with Crippen LogP contribution < -0.4 is 24.6 Å². The van der Waals surface area contributed by atoms with Crippen LogP contribution in [0.1, 0.15) is 13.8 Å². The molecule has 1 heterocycles. The van der Waals surface area contributed by atoms with Crippen LogP contribution in [0.25, 0.3) is 0 Å². The van der Waals surface area contributed by atoms with Crippen LogP contribution in [0.3, 0.4) is 0 Å². The molecule has 1 aromatic rings. The van der Waals surface area contributed by atoms with E-state index in [1.165, 1.54) is 0 Å². The van der Waals surface area contributed by atoms with Crippen LogP contribution in [-0.4, -0.2) is 4.66 Å². The number of para-hydroxylation sites is 2. The summed E-state index contributed by atoms with van der Waals surface area (Å²) in [4.78, 5) is 0. The fraction of sp³-hybridized carbons (Fsp3) is 0.200. The van der Waals surface area contributed by atoms with Gasteiger partial charge in [0.05, 0.1) is 32.0 Å². The Balaban J connectivity index is 0.000000249. The molecular weight excluding hydrogens is 248 g/mol. The van der Waals surface area contributed by atoms with Gasteiger partial charge in [-0.25, -0.2) is 5.32 Å². The Morgan fingerprint density at radius 1 is 1.18 bits per heavy atom. The van der Waals surface area contributed by atoms with Crippen molar-refractivity contribution in [1.29, 1.82) is 0 Å². The van der Waals surface area contributed by atoms with Crippen LogP contribution in [0, 0.1) is 10.2 Å². The third-order valence-electron chi connectivity index (χ3n) is 2.06. The molecule has 0 unspecified atom stereocenters. The van der Waals surface area contributed by atoms with Gasteiger partial charge in [0.2, 0.25) is 0 Å². The second-order valence-corrected chi connectivity index (χ2v) is 4.15. The highest BCUT2D eigenvalue weighted by Crippen LogP contribution is 2.28. The third kappa shape index (κ3) is 5.03. The number of benzene rings is 1. The monoisotopic (exact) mass is 259 g/mol. The van der Waals surface area contributed by atoms with E-state index in [0.29, 0.717) is 0 Å². The van der Waals surface area contributed by atoms with Crippen LogP contribution >= 0.6 is 0 Å². The Bertz CT molecular complexity index is 390. The highest BCUT2D eigenvalue weighted by molar-refractivity contribution is 5.70. The first-order valence-electron chi connectivity index (χ1n) is 4.66. The van der Waals surface area contributed by atoms with Crippen LogP contribution in [0.15, 0.2) is 35.7 Å². The lowest BCUT2D eigenvalue weighted by molar-refractivity contribution is -1.92. The first-order chi connectivity index (χ1) is 7.77. The minimum Gasteiger partial charge on any atom is -0.356 e. The molecule has 2 rings (SSSR count). The van der Waals surface area contributed by atoms with Crippen molar-refractivity contribution >= 4 is 11.4 Å². The summed E-state index contributed by atoms with van der Waals surface area (Å²) in [5, 5.41) is 7.74. The van der Waals surface area contributed by atoms with Gasteiger partial charge >= 0.3 is 0 Å². The summed E-state index contributed by atoms with van der Waals surface area (Å²) in [6.07, 6.45) is 0.